The summed E-state index contributed by atoms with van der Waals surface area (Å²) in [6.45, 7) is 2.01. The molecule has 0 bridgehead atoms. The van der Waals surface area contributed by atoms with Crippen molar-refractivity contribution in [3.8, 4) is 5.75 Å². The lowest BCUT2D eigenvalue weighted by Crippen LogP contribution is -2.36. The summed E-state index contributed by atoms with van der Waals surface area (Å²) in [6.07, 6.45) is -4.51. The smallest absolute Gasteiger partial charge is 0.416 e. The molecule has 5 nitrogen and oxygen atoms in total. The van der Waals surface area contributed by atoms with Crippen LogP contribution in [0.4, 0.5) is 24.5 Å². The van der Waals surface area contributed by atoms with Crippen LogP contribution in [0.25, 0.3) is 0 Å². The summed E-state index contributed by atoms with van der Waals surface area (Å²) in [5.74, 6) is -0.198. The summed E-state index contributed by atoms with van der Waals surface area (Å²) < 4.78 is 49.9. The standard InChI is InChI=1S/C19H19F3N2O3/c1-26-17-5-3-2-4-14(17)18(25)23-15-12-13(19(20,21)22)6-7-16(15)24-8-10-27-11-9-24/h2-7,12H,8-11H2,1H3,(H,23,25). The van der Waals surface area contributed by atoms with E-state index in [9.17, 15) is 18.0 Å². The number of rotatable bonds is 4. The first-order valence-corrected chi connectivity index (χ1v) is 8.38. The van der Waals surface area contributed by atoms with Gasteiger partial charge < -0.3 is 19.7 Å². The fraction of sp³-hybridized carbons (Fsp3) is 0.316. The van der Waals surface area contributed by atoms with Gasteiger partial charge in [0.1, 0.15) is 5.75 Å². The second kappa shape index (κ2) is 7.87. The average molecular weight is 380 g/mol. The molecule has 2 aromatic carbocycles. The van der Waals surface area contributed by atoms with Gasteiger partial charge in [-0.3, -0.25) is 4.79 Å². The zero-order chi connectivity index (χ0) is 19.4. The van der Waals surface area contributed by atoms with Crippen molar-refractivity contribution < 1.29 is 27.4 Å². The van der Waals surface area contributed by atoms with E-state index < -0.39 is 17.6 Å². The van der Waals surface area contributed by atoms with E-state index in [1.807, 2.05) is 4.90 Å². The summed E-state index contributed by atoms with van der Waals surface area (Å²) >= 11 is 0. The van der Waals surface area contributed by atoms with Gasteiger partial charge in [0.25, 0.3) is 5.91 Å². The fourth-order valence-electron chi connectivity index (χ4n) is 2.91. The number of hydrogen-bond donors (Lipinski definition) is 1. The summed E-state index contributed by atoms with van der Waals surface area (Å²) in [5.41, 5.74) is 0.0392. The third-order valence-corrected chi connectivity index (χ3v) is 4.28. The van der Waals surface area contributed by atoms with Crippen LogP contribution in [0, 0.1) is 0 Å². The highest BCUT2D eigenvalue weighted by molar-refractivity contribution is 6.07. The Hall–Kier alpha value is -2.74. The molecule has 0 saturated carbocycles. The molecule has 0 unspecified atom stereocenters. The molecule has 0 atom stereocenters. The second-order valence-electron chi connectivity index (χ2n) is 5.98. The molecule has 1 fully saturated rings. The van der Waals surface area contributed by atoms with Crippen LogP contribution in [0.1, 0.15) is 15.9 Å². The van der Waals surface area contributed by atoms with E-state index >= 15 is 0 Å². The minimum Gasteiger partial charge on any atom is -0.496 e. The molecule has 1 aliphatic heterocycles. The van der Waals surface area contributed by atoms with E-state index in [4.69, 9.17) is 9.47 Å². The predicted molar refractivity (Wildman–Crippen MR) is 95.4 cm³/mol. The normalized spacial score (nSPS) is 14.7. The molecule has 27 heavy (non-hydrogen) atoms. The highest BCUT2D eigenvalue weighted by Gasteiger charge is 2.32. The molecule has 8 heteroatoms. The Bertz CT molecular complexity index is 818. The maximum absolute atomic E-state index is 13.2. The minimum absolute atomic E-state index is 0.0997. The van der Waals surface area contributed by atoms with Crippen LogP contribution in [-0.2, 0) is 10.9 Å². The summed E-state index contributed by atoms with van der Waals surface area (Å²) in [5, 5.41) is 2.61. The molecule has 1 amide bonds. The molecule has 1 heterocycles. The Morgan fingerprint density at radius 1 is 1.15 bits per heavy atom. The maximum atomic E-state index is 13.2. The van der Waals surface area contributed by atoms with Crippen molar-refractivity contribution in [3.05, 3.63) is 53.6 Å². The van der Waals surface area contributed by atoms with Crippen molar-refractivity contribution in [3.63, 3.8) is 0 Å². The first kappa shape index (κ1) is 19.0. The Labute approximate surface area is 154 Å². The molecule has 1 N–H and O–H groups in total. The Morgan fingerprint density at radius 2 is 1.85 bits per heavy atom. The van der Waals surface area contributed by atoms with Crippen LogP contribution in [-0.4, -0.2) is 39.3 Å². The SMILES string of the molecule is COc1ccccc1C(=O)Nc1cc(C(F)(F)F)ccc1N1CCOCC1. The van der Waals surface area contributed by atoms with Crippen LogP contribution in [0.2, 0.25) is 0 Å². The van der Waals surface area contributed by atoms with E-state index in [2.05, 4.69) is 5.32 Å². The number of hydrogen-bond acceptors (Lipinski definition) is 4. The number of morpholine rings is 1. The molecule has 2 aromatic rings. The average Bonchev–Trinajstić information content (AvgIpc) is 2.67. The molecule has 0 aliphatic carbocycles. The molecule has 144 valence electrons. The van der Waals surface area contributed by atoms with E-state index in [-0.39, 0.29) is 11.3 Å². The highest BCUT2D eigenvalue weighted by atomic mass is 19.4. The summed E-state index contributed by atoms with van der Waals surface area (Å²) in [4.78, 5) is 14.6. The zero-order valence-electron chi connectivity index (χ0n) is 14.7. The number of carbonyl (C=O) groups is 1. The quantitative estimate of drug-likeness (QED) is 0.877. The number of para-hydroxylation sites is 1. The van der Waals surface area contributed by atoms with E-state index in [0.29, 0.717) is 37.7 Å². The van der Waals surface area contributed by atoms with Crippen LogP contribution in [0.3, 0.4) is 0 Å². The molecular weight excluding hydrogens is 361 g/mol. The van der Waals surface area contributed by atoms with E-state index in [1.54, 1.807) is 24.3 Å². The molecule has 0 spiro atoms. The number of amides is 1. The van der Waals surface area contributed by atoms with E-state index in [0.717, 1.165) is 12.1 Å². The predicted octanol–water partition coefficient (Wildman–Crippen LogP) is 3.80. The summed E-state index contributed by atoms with van der Waals surface area (Å²) in [6, 6.07) is 9.89. The zero-order valence-corrected chi connectivity index (χ0v) is 14.7. The van der Waals surface area contributed by atoms with Gasteiger partial charge >= 0.3 is 6.18 Å². The first-order chi connectivity index (χ1) is 12.9. The molecule has 1 aliphatic rings. The third kappa shape index (κ3) is 4.33. The van der Waals surface area contributed by atoms with Crippen LogP contribution < -0.4 is 15.0 Å². The van der Waals surface area contributed by atoms with Gasteiger partial charge in [-0.2, -0.15) is 13.2 Å². The maximum Gasteiger partial charge on any atom is 0.416 e. The number of carbonyl (C=O) groups excluding carboxylic acids is 1. The van der Waals surface area contributed by atoms with Gasteiger partial charge in [0.15, 0.2) is 0 Å². The number of halogens is 3. The van der Waals surface area contributed by atoms with Gasteiger partial charge in [-0.05, 0) is 30.3 Å². The largest absolute Gasteiger partial charge is 0.496 e. The van der Waals surface area contributed by atoms with Crippen molar-refractivity contribution >= 4 is 17.3 Å². The van der Waals surface area contributed by atoms with Crippen molar-refractivity contribution in [2.75, 3.05) is 43.6 Å². The molecule has 0 radical (unpaired) electrons. The number of nitrogens with one attached hydrogen (secondary N) is 1. The fourth-order valence-corrected chi connectivity index (χ4v) is 2.91. The number of benzene rings is 2. The number of ether oxygens (including phenoxy) is 2. The highest BCUT2D eigenvalue weighted by Crippen LogP contribution is 2.36. The molecule has 1 saturated heterocycles. The van der Waals surface area contributed by atoms with Gasteiger partial charge in [0, 0.05) is 13.1 Å². The van der Waals surface area contributed by atoms with Gasteiger partial charge in [0.05, 0.1) is 42.8 Å². The number of anilines is 2. The molecular formula is C19H19F3N2O3. The van der Waals surface area contributed by atoms with Crippen LogP contribution in [0.15, 0.2) is 42.5 Å². The Kier molecular flexibility index (Phi) is 5.55. The van der Waals surface area contributed by atoms with Crippen molar-refractivity contribution in [1.82, 2.24) is 0 Å². The second-order valence-corrected chi connectivity index (χ2v) is 5.98. The third-order valence-electron chi connectivity index (χ3n) is 4.28. The van der Waals surface area contributed by atoms with Crippen molar-refractivity contribution in [2.45, 2.75) is 6.18 Å². The van der Waals surface area contributed by atoms with Gasteiger partial charge in [-0.1, -0.05) is 12.1 Å². The Balaban J connectivity index is 1.96. The number of nitrogens with zero attached hydrogens (tertiary/aromatic N) is 1. The first-order valence-electron chi connectivity index (χ1n) is 8.38. The van der Waals surface area contributed by atoms with E-state index in [1.165, 1.54) is 13.2 Å². The van der Waals surface area contributed by atoms with Crippen LogP contribution >= 0.6 is 0 Å². The number of alkyl halides is 3. The monoisotopic (exact) mass is 380 g/mol. The van der Waals surface area contributed by atoms with Gasteiger partial charge in [-0.15, -0.1) is 0 Å². The molecule has 3 rings (SSSR count). The summed E-state index contributed by atoms with van der Waals surface area (Å²) in [7, 11) is 1.43. The van der Waals surface area contributed by atoms with Crippen molar-refractivity contribution in [1.29, 1.82) is 0 Å². The van der Waals surface area contributed by atoms with Crippen molar-refractivity contribution in [2.24, 2.45) is 0 Å². The van der Waals surface area contributed by atoms with Crippen LogP contribution in [0.5, 0.6) is 5.75 Å². The lowest BCUT2D eigenvalue weighted by Gasteiger charge is -2.31. The lowest BCUT2D eigenvalue weighted by molar-refractivity contribution is -0.137. The van der Waals surface area contributed by atoms with Gasteiger partial charge in [0.2, 0.25) is 0 Å². The molecule has 0 aromatic heterocycles. The topological polar surface area (TPSA) is 50.8 Å². The minimum atomic E-state index is -4.51. The van der Waals surface area contributed by atoms with Gasteiger partial charge in [-0.25, -0.2) is 0 Å². The Morgan fingerprint density at radius 3 is 2.52 bits per heavy atom. The lowest BCUT2D eigenvalue weighted by atomic mass is 10.1. The number of methoxy groups -OCH3 is 1.